The van der Waals surface area contributed by atoms with Crippen LogP contribution < -0.4 is 5.32 Å². The third kappa shape index (κ3) is 3.65. The van der Waals surface area contributed by atoms with Crippen LogP contribution in [0.2, 0.25) is 0 Å². The maximum atomic E-state index is 12.3. The van der Waals surface area contributed by atoms with E-state index < -0.39 is 0 Å². The van der Waals surface area contributed by atoms with Gasteiger partial charge in [0.05, 0.1) is 17.3 Å². The Labute approximate surface area is 148 Å². The summed E-state index contributed by atoms with van der Waals surface area (Å²) in [4.78, 5) is 17.8. The second-order valence-corrected chi connectivity index (χ2v) is 6.65. The number of carbonyl (C=O) groups is 1. The number of amides is 1. The number of rotatable bonds is 4. The van der Waals surface area contributed by atoms with Crippen molar-refractivity contribution in [2.24, 2.45) is 0 Å². The summed E-state index contributed by atoms with van der Waals surface area (Å²) < 4.78 is 0. The molecule has 0 atom stereocenters. The Morgan fingerprint density at radius 3 is 2.50 bits per heavy atom. The van der Waals surface area contributed by atoms with E-state index in [1.54, 1.807) is 36.0 Å². The number of thiazole rings is 1. The van der Waals surface area contributed by atoms with Gasteiger partial charge in [0, 0.05) is 21.4 Å². The van der Waals surface area contributed by atoms with Crippen LogP contribution in [0.3, 0.4) is 0 Å². The quantitative estimate of drug-likeness (QED) is 0.695. The number of hydrogen-bond donors (Lipinski definition) is 1. The molecule has 1 N–H and O–H groups in total. The maximum absolute atomic E-state index is 12.3. The van der Waals surface area contributed by atoms with E-state index in [1.165, 1.54) is 11.3 Å². The molecule has 4 nitrogen and oxygen atoms in total. The lowest BCUT2D eigenvalue weighted by Gasteiger charge is -2.02. The molecule has 0 bridgehead atoms. The number of hydrogen-bond acceptors (Lipinski definition) is 5. The Kier molecular flexibility index (Phi) is 4.94. The van der Waals surface area contributed by atoms with Gasteiger partial charge in [-0.05, 0) is 42.7 Å². The molecule has 0 unspecified atom stereocenters. The smallest absolute Gasteiger partial charge is 0.257 e. The predicted molar refractivity (Wildman–Crippen MR) is 98.4 cm³/mol. The van der Waals surface area contributed by atoms with Crippen molar-refractivity contribution in [2.75, 3.05) is 11.6 Å². The fraction of sp³-hybridized carbons (Fsp3) is 0.0556. The first-order valence-electron chi connectivity index (χ1n) is 7.11. The van der Waals surface area contributed by atoms with Crippen LogP contribution in [-0.2, 0) is 0 Å². The van der Waals surface area contributed by atoms with Gasteiger partial charge >= 0.3 is 0 Å². The van der Waals surface area contributed by atoms with Crippen molar-refractivity contribution >= 4 is 34.1 Å². The Morgan fingerprint density at radius 1 is 1.17 bits per heavy atom. The average molecular weight is 351 g/mol. The van der Waals surface area contributed by atoms with Crippen molar-refractivity contribution in [1.82, 2.24) is 4.98 Å². The van der Waals surface area contributed by atoms with E-state index in [0.717, 1.165) is 16.2 Å². The molecular weight excluding hydrogens is 338 g/mol. The minimum absolute atomic E-state index is 0.177. The number of nitriles is 1. The minimum Gasteiger partial charge on any atom is -0.298 e. The fourth-order valence-electron chi connectivity index (χ4n) is 2.09. The summed E-state index contributed by atoms with van der Waals surface area (Å²) in [6.07, 6.45) is 2.00. The zero-order valence-electron chi connectivity index (χ0n) is 12.8. The summed E-state index contributed by atoms with van der Waals surface area (Å²) in [5.74, 6) is -0.177. The van der Waals surface area contributed by atoms with E-state index in [0.29, 0.717) is 16.3 Å². The van der Waals surface area contributed by atoms with Crippen molar-refractivity contribution < 1.29 is 4.79 Å². The molecule has 0 spiro atoms. The van der Waals surface area contributed by atoms with Crippen LogP contribution in [0.25, 0.3) is 11.3 Å². The summed E-state index contributed by atoms with van der Waals surface area (Å²) in [6.45, 7) is 0. The fourth-order valence-corrected chi connectivity index (χ4v) is 3.21. The predicted octanol–water partition coefficient (Wildman–Crippen LogP) is 4.66. The normalized spacial score (nSPS) is 10.2. The van der Waals surface area contributed by atoms with E-state index >= 15 is 0 Å². The topological polar surface area (TPSA) is 65.8 Å². The highest BCUT2D eigenvalue weighted by molar-refractivity contribution is 7.98. The number of nitrogens with zero attached hydrogens (tertiary/aromatic N) is 2. The van der Waals surface area contributed by atoms with E-state index in [4.69, 9.17) is 5.26 Å². The molecule has 1 aromatic heterocycles. The number of anilines is 1. The first-order chi connectivity index (χ1) is 11.7. The van der Waals surface area contributed by atoms with Gasteiger partial charge in [0.1, 0.15) is 0 Å². The first kappa shape index (κ1) is 16.2. The van der Waals surface area contributed by atoms with Gasteiger partial charge in [-0.2, -0.15) is 5.26 Å². The zero-order valence-corrected chi connectivity index (χ0v) is 14.4. The van der Waals surface area contributed by atoms with Crippen molar-refractivity contribution in [3.8, 4) is 17.3 Å². The largest absolute Gasteiger partial charge is 0.298 e. The van der Waals surface area contributed by atoms with E-state index in [2.05, 4.69) is 16.4 Å². The summed E-state index contributed by atoms with van der Waals surface area (Å²) >= 11 is 3.01. The molecular formula is C18H13N3OS2. The van der Waals surface area contributed by atoms with E-state index in [-0.39, 0.29) is 5.91 Å². The number of thioether (sulfide) groups is 1. The number of benzene rings is 2. The Morgan fingerprint density at radius 2 is 1.88 bits per heavy atom. The molecule has 0 fully saturated rings. The zero-order chi connectivity index (χ0) is 16.9. The van der Waals surface area contributed by atoms with Crippen LogP contribution in [-0.4, -0.2) is 17.1 Å². The Bertz CT molecular complexity index is 893. The number of nitrogens with one attached hydrogen (secondary N) is 1. The summed E-state index contributed by atoms with van der Waals surface area (Å²) in [7, 11) is 0. The highest BCUT2D eigenvalue weighted by atomic mass is 32.2. The van der Waals surface area contributed by atoms with Gasteiger partial charge < -0.3 is 0 Å². The summed E-state index contributed by atoms with van der Waals surface area (Å²) in [5, 5.41) is 14.1. The van der Waals surface area contributed by atoms with Gasteiger partial charge in [0.2, 0.25) is 0 Å². The van der Waals surface area contributed by atoms with Crippen LogP contribution in [0, 0.1) is 11.3 Å². The van der Waals surface area contributed by atoms with Crippen LogP contribution in [0.15, 0.2) is 58.8 Å². The lowest BCUT2D eigenvalue weighted by Crippen LogP contribution is -2.11. The van der Waals surface area contributed by atoms with Crippen LogP contribution in [0.4, 0.5) is 5.13 Å². The summed E-state index contributed by atoms with van der Waals surface area (Å²) in [5.41, 5.74) is 2.90. The lowest BCUT2D eigenvalue weighted by atomic mass is 10.1. The van der Waals surface area contributed by atoms with Crippen LogP contribution in [0.5, 0.6) is 0 Å². The molecule has 0 aliphatic carbocycles. The first-order valence-corrected chi connectivity index (χ1v) is 9.21. The minimum atomic E-state index is -0.177. The van der Waals surface area contributed by atoms with E-state index in [1.807, 2.05) is 35.9 Å². The van der Waals surface area contributed by atoms with Gasteiger partial charge in [-0.1, -0.05) is 12.1 Å². The molecule has 3 rings (SSSR count). The third-order valence-electron chi connectivity index (χ3n) is 3.39. The molecule has 0 aliphatic rings. The highest BCUT2D eigenvalue weighted by Crippen LogP contribution is 2.25. The van der Waals surface area contributed by atoms with Gasteiger partial charge in [-0.15, -0.1) is 23.1 Å². The Balaban J connectivity index is 1.73. The number of aromatic nitrogens is 1. The molecule has 1 heterocycles. The Hall–Kier alpha value is -2.62. The van der Waals surface area contributed by atoms with Crippen molar-refractivity contribution in [2.45, 2.75) is 4.90 Å². The van der Waals surface area contributed by atoms with Crippen molar-refractivity contribution in [3.05, 3.63) is 65.0 Å². The standard InChI is InChI=1S/C18H13N3OS2/c1-23-15-8-6-14(7-9-15)17(22)21-18-20-16(11-24-18)13-4-2-12(10-19)3-5-13/h2-9,11H,1H3,(H,20,21,22). The molecule has 118 valence electrons. The van der Waals surface area contributed by atoms with Gasteiger partial charge in [0.25, 0.3) is 5.91 Å². The second kappa shape index (κ2) is 7.30. The van der Waals surface area contributed by atoms with Gasteiger partial charge in [0.15, 0.2) is 5.13 Å². The molecule has 0 saturated heterocycles. The molecule has 0 radical (unpaired) electrons. The monoisotopic (exact) mass is 351 g/mol. The molecule has 6 heteroatoms. The van der Waals surface area contributed by atoms with Crippen LogP contribution >= 0.6 is 23.1 Å². The second-order valence-electron chi connectivity index (χ2n) is 4.91. The third-order valence-corrected chi connectivity index (χ3v) is 4.89. The molecule has 24 heavy (non-hydrogen) atoms. The number of carbonyl (C=O) groups excluding carboxylic acids is 1. The van der Waals surface area contributed by atoms with Gasteiger partial charge in [-0.3, -0.25) is 10.1 Å². The average Bonchev–Trinajstić information content (AvgIpc) is 3.10. The molecule has 1 amide bonds. The molecule has 3 aromatic rings. The molecule has 2 aromatic carbocycles. The SMILES string of the molecule is CSc1ccc(C(=O)Nc2nc(-c3ccc(C#N)cc3)cs2)cc1. The lowest BCUT2D eigenvalue weighted by molar-refractivity contribution is 0.102. The summed E-state index contributed by atoms with van der Waals surface area (Å²) in [6, 6.07) is 16.7. The van der Waals surface area contributed by atoms with E-state index in [9.17, 15) is 4.79 Å². The van der Waals surface area contributed by atoms with Crippen molar-refractivity contribution in [3.63, 3.8) is 0 Å². The highest BCUT2D eigenvalue weighted by Gasteiger charge is 2.10. The van der Waals surface area contributed by atoms with Crippen LogP contribution in [0.1, 0.15) is 15.9 Å². The molecule has 0 saturated carbocycles. The van der Waals surface area contributed by atoms with Gasteiger partial charge in [-0.25, -0.2) is 4.98 Å². The molecule has 0 aliphatic heterocycles. The maximum Gasteiger partial charge on any atom is 0.257 e. The van der Waals surface area contributed by atoms with Crippen molar-refractivity contribution in [1.29, 1.82) is 5.26 Å².